The van der Waals surface area contributed by atoms with Crippen molar-refractivity contribution in [2.45, 2.75) is 6.54 Å². The number of hydrogen-bond donors (Lipinski definition) is 3. The molecular formula is C15H11F2N3O3S. The molecule has 0 aliphatic heterocycles. The van der Waals surface area contributed by atoms with Gasteiger partial charge in [0.25, 0.3) is 0 Å². The second kappa shape index (κ2) is 6.56. The summed E-state index contributed by atoms with van der Waals surface area (Å²) in [5.41, 5.74) is 0.211. The summed E-state index contributed by atoms with van der Waals surface area (Å²) >= 11 is -2.32. The summed E-state index contributed by atoms with van der Waals surface area (Å²) in [5.74, 6) is -2.20. The molecule has 0 saturated heterocycles. The smallest absolute Gasteiger partial charge is 0.249 e. The first kappa shape index (κ1) is 16.4. The van der Waals surface area contributed by atoms with Crippen molar-refractivity contribution in [1.29, 1.82) is 0 Å². The molecule has 0 saturated carbocycles. The first-order valence-corrected chi connectivity index (χ1v) is 7.87. The lowest BCUT2D eigenvalue weighted by Gasteiger charge is -2.10. The van der Waals surface area contributed by atoms with Gasteiger partial charge in [0.15, 0.2) is 11.6 Å². The van der Waals surface area contributed by atoms with E-state index in [0.29, 0.717) is 10.9 Å². The SMILES string of the molecule is O=c1ccc2c(-c3ccc(CNS(=O)O)c(F)c3F)ccnc2[nH]1. The van der Waals surface area contributed by atoms with E-state index < -0.39 is 22.9 Å². The van der Waals surface area contributed by atoms with Crippen molar-refractivity contribution >= 4 is 22.3 Å². The Labute approximate surface area is 137 Å². The first-order chi connectivity index (χ1) is 11.5. The van der Waals surface area contributed by atoms with E-state index in [1.165, 1.54) is 36.5 Å². The average molecular weight is 351 g/mol. The highest BCUT2D eigenvalue weighted by atomic mass is 32.2. The minimum Gasteiger partial charge on any atom is -0.307 e. The van der Waals surface area contributed by atoms with Crippen LogP contribution in [0.1, 0.15) is 5.56 Å². The number of halogens is 2. The molecule has 2 aromatic heterocycles. The minimum absolute atomic E-state index is 0.000759. The standard InChI is InChI=1S/C15H11F2N3O3S/c16-13-8(7-19-24(22)23)1-2-10(14(13)17)9-5-6-18-15-11(9)3-4-12(21)20-15/h1-6,19H,7H2,(H,22,23)(H,18,20,21). The summed E-state index contributed by atoms with van der Waals surface area (Å²) in [6.45, 7) is -0.295. The van der Waals surface area contributed by atoms with Crippen molar-refractivity contribution in [1.82, 2.24) is 14.7 Å². The van der Waals surface area contributed by atoms with E-state index in [2.05, 4.69) is 14.7 Å². The number of pyridine rings is 2. The van der Waals surface area contributed by atoms with E-state index in [0.717, 1.165) is 0 Å². The van der Waals surface area contributed by atoms with Gasteiger partial charge >= 0.3 is 0 Å². The normalized spacial score (nSPS) is 12.5. The number of nitrogens with zero attached hydrogens (tertiary/aromatic N) is 1. The Hall–Kier alpha value is -2.49. The zero-order chi connectivity index (χ0) is 17.3. The van der Waals surface area contributed by atoms with Gasteiger partial charge in [0.05, 0.1) is 0 Å². The van der Waals surface area contributed by atoms with Crippen LogP contribution < -0.4 is 10.3 Å². The molecule has 0 aliphatic rings. The van der Waals surface area contributed by atoms with Gasteiger partial charge in [0.1, 0.15) is 5.65 Å². The van der Waals surface area contributed by atoms with Crippen molar-refractivity contribution in [2.75, 3.05) is 0 Å². The summed E-state index contributed by atoms with van der Waals surface area (Å²) in [4.78, 5) is 17.9. The topological polar surface area (TPSA) is 95.1 Å². The highest BCUT2D eigenvalue weighted by molar-refractivity contribution is 7.77. The van der Waals surface area contributed by atoms with Gasteiger partial charge in [-0.2, -0.15) is 0 Å². The lowest BCUT2D eigenvalue weighted by atomic mass is 10.0. The maximum absolute atomic E-state index is 14.4. The highest BCUT2D eigenvalue weighted by Crippen LogP contribution is 2.30. The molecule has 2 heterocycles. The third-order valence-corrected chi connectivity index (χ3v) is 3.86. The van der Waals surface area contributed by atoms with Gasteiger partial charge in [-0.1, -0.05) is 12.1 Å². The van der Waals surface area contributed by atoms with Crippen LogP contribution in [0.5, 0.6) is 0 Å². The predicted octanol–water partition coefficient (Wildman–Crippen LogP) is 2.09. The zero-order valence-electron chi connectivity index (χ0n) is 12.0. The second-order valence-electron chi connectivity index (χ2n) is 4.91. The van der Waals surface area contributed by atoms with Crippen LogP contribution in [0.2, 0.25) is 0 Å². The fourth-order valence-corrected chi connectivity index (χ4v) is 2.65. The quantitative estimate of drug-likeness (QED) is 0.627. The molecular weight excluding hydrogens is 340 g/mol. The van der Waals surface area contributed by atoms with Crippen molar-refractivity contribution in [3.05, 3.63) is 64.1 Å². The van der Waals surface area contributed by atoms with Gasteiger partial charge in [-0.15, -0.1) is 0 Å². The molecule has 3 rings (SSSR count). The molecule has 0 spiro atoms. The monoisotopic (exact) mass is 351 g/mol. The van der Waals surface area contributed by atoms with Crippen molar-refractivity contribution in [3.63, 3.8) is 0 Å². The van der Waals surface area contributed by atoms with Crippen molar-refractivity contribution < 1.29 is 17.5 Å². The molecule has 0 bridgehead atoms. The highest BCUT2D eigenvalue weighted by Gasteiger charge is 2.17. The van der Waals surface area contributed by atoms with Crippen LogP contribution in [0.15, 0.2) is 41.3 Å². The van der Waals surface area contributed by atoms with Gasteiger partial charge < -0.3 is 4.98 Å². The van der Waals surface area contributed by atoms with Gasteiger partial charge in [-0.25, -0.2) is 22.7 Å². The summed E-state index contributed by atoms with van der Waals surface area (Å²) < 4.78 is 50.0. The van der Waals surface area contributed by atoms with E-state index in [4.69, 9.17) is 4.55 Å². The number of aromatic nitrogens is 2. The number of rotatable bonds is 4. The maximum atomic E-state index is 14.4. The van der Waals surface area contributed by atoms with Crippen LogP contribution in [0.25, 0.3) is 22.2 Å². The minimum atomic E-state index is -2.32. The molecule has 3 aromatic rings. The van der Waals surface area contributed by atoms with Gasteiger partial charge in [-0.05, 0) is 17.7 Å². The van der Waals surface area contributed by atoms with Crippen LogP contribution >= 0.6 is 0 Å². The van der Waals surface area contributed by atoms with E-state index >= 15 is 0 Å². The number of nitrogens with one attached hydrogen (secondary N) is 2. The molecule has 0 radical (unpaired) electrons. The Morgan fingerprint density at radius 3 is 2.67 bits per heavy atom. The second-order valence-corrected chi connectivity index (χ2v) is 5.70. The zero-order valence-corrected chi connectivity index (χ0v) is 12.9. The molecule has 0 fully saturated rings. The maximum Gasteiger partial charge on any atom is 0.249 e. The van der Waals surface area contributed by atoms with E-state index in [1.54, 1.807) is 0 Å². The Bertz CT molecular complexity index is 1010. The molecule has 124 valence electrons. The van der Waals surface area contributed by atoms with Crippen LogP contribution in [-0.2, 0) is 17.8 Å². The first-order valence-electron chi connectivity index (χ1n) is 6.77. The summed E-state index contributed by atoms with van der Waals surface area (Å²) in [6.07, 6.45) is 1.38. The molecule has 0 aliphatic carbocycles. The van der Waals surface area contributed by atoms with Crippen LogP contribution in [0, 0.1) is 11.6 Å². The lowest BCUT2D eigenvalue weighted by Crippen LogP contribution is -2.16. The van der Waals surface area contributed by atoms with Crippen molar-refractivity contribution in [3.8, 4) is 11.1 Å². The summed E-state index contributed by atoms with van der Waals surface area (Å²) in [6, 6.07) is 6.97. The van der Waals surface area contributed by atoms with Gasteiger partial charge in [0.2, 0.25) is 16.8 Å². The molecule has 1 unspecified atom stereocenters. The number of aromatic amines is 1. The molecule has 3 N–H and O–H groups in total. The molecule has 0 amide bonds. The Morgan fingerprint density at radius 1 is 1.12 bits per heavy atom. The van der Waals surface area contributed by atoms with Crippen LogP contribution in [0.3, 0.4) is 0 Å². The van der Waals surface area contributed by atoms with Gasteiger partial charge in [-0.3, -0.25) is 9.35 Å². The van der Waals surface area contributed by atoms with E-state index in [9.17, 15) is 17.8 Å². The summed E-state index contributed by atoms with van der Waals surface area (Å²) in [5, 5.41) is 0.470. The molecule has 1 aromatic carbocycles. The van der Waals surface area contributed by atoms with Crippen molar-refractivity contribution in [2.24, 2.45) is 0 Å². The van der Waals surface area contributed by atoms with E-state index in [1.807, 2.05) is 0 Å². The number of benzene rings is 1. The number of hydrogen-bond acceptors (Lipinski definition) is 3. The Kier molecular flexibility index (Phi) is 4.47. The van der Waals surface area contributed by atoms with Crippen LogP contribution in [0.4, 0.5) is 8.78 Å². The number of fused-ring (bicyclic) bond motifs is 1. The molecule has 1 atom stereocenters. The number of H-pyrrole nitrogens is 1. The lowest BCUT2D eigenvalue weighted by molar-refractivity contribution is 0.497. The predicted molar refractivity (Wildman–Crippen MR) is 85.3 cm³/mol. The summed E-state index contributed by atoms with van der Waals surface area (Å²) in [7, 11) is 0. The molecule has 9 heteroatoms. The fraction of sp³-hybridized carbons (Fsp3) is 0.0667. The Balaban J connectivity index is 2.12. The average Bonchev–Trinajstić information content (AvgIpc) is 2.55. The van der Waals surface area contributed by atoms with Crippen LogP contribution in [-0.4, -0.2) is 18.7 Å². The fourth-order valence-electron chi connectivity index (χ4n) is 2.37. The third-order valence-electron chi connectivity index (χ3n) is 3.47. The Morgan fingerprint density at radius 2 is 1.92 bits per heavy atom. The van der Waals surface area contributed by atoms with Gasteiger partial charge in [0, 0.05) is 35.3 Å². The molecule has 24 heavy (non-hydrogen) atoms. The third kappa shape index (κ3) is 3.09. The molecule has 6 nitrogen and oxygen atoms in total. The van der Waals surface area contributed by atoms with E-state index in [-0.39, 0.29) is 28.9 Å². The largest absolute Gasteiger partial charge is 0.307 e.